The Hall–Kier alpha value is -2.86. The lowest BCUT2D eigenvalue weighted by Crippen LogP contribution is -2.21. The van der Waals surface area contributed by atoms with Crippen LogP contribution in [0.4, 0.5) is 0 Å². The van der Waals surface area contributed by atoms with Crippen LogP contribution in [0.2, 0.25) is 0 Å². The molecule has 0 spiro atoms. The Bertz CT molecular complexity index is 1040. The first-order valence-electron chi connectivity index (χ1n) is 8.43. The largest absolute Gasteiger partial charge is 0.467 e. The Balaban J connectivity index is 1.56. The van der Waals surface area contributed by atoms with Crippen LogP contribution in [0.15, 0.2) is 53.1 Å². The Morgan fingerprint density at radius 2 is 2.04 bits per heavy atom. The summed E-state index contributed by atoms with van der Waals surface area (Å²) in [5.74, 6) is 0.644. The van der Waals surface area contributed by atoms with E-state index >= 15 is 0 Å². The Morgan fingerprint density at radius 3 is 2.77 bits per heavy atom. The van der Waals surface area contributed by atoms with E-state index in [1.165, 1.54) is 22.5 Å². The fourth-order valence-electron chi connectivity index (χ4n) is 2.87. The van der Waals surface area contributed by atoms with E-state index in [9.17, 15) is 4.79 Å². The monoisotopic (exact) mass is 365 g/mol. The van der Waals surface area contributed by atoms with E-state index in [0.717, 1.165) is 21.7 Å². The summed E-state index contributed by atoms with van der Waals surface area (Å²) in [6, 6.07) is 14.0. The lowest BCUT2D eigenvalue weighted by atomic mass is 10.1. The van der Waals surface area contributed by atoms with Crippen LogP contribution in [0.5, 0.6) is 0 Å². The third-order valence-corrected chi connectivity index (χ3v) is 5.43. The average Bonchev–Trinajstić information content (AvgIpc) is 3.35. The molecule has 1 amide bonds. The van der Waals surface area contributed by atoms with Crippen LogP contribution in [0.3, 0.4) is 0 Å². The number of nitrogens with zero attached hydrogens (tertiary/aromatic N) is 2. The topological polar surface area (TPSA) is 60.1 Å². The van der Waals surface area contributed by atoms with Crippen LogP contribution in [-0.4, -0.2) is 15.7 Å². The van der Waals surface area contributed by atoms with Crippen LogP contribution in [0, 0.1) is 13.8 Å². The first-order chi connectivity index (χ1) is 12.6. The van der Waals surface area contributed by atoms with Crippen LogP contribution in [0.1, 0.15) is 32.3 Å². The number of aryl methyl sites for hydroxylation is 2. The fourth-order valence-corrected chi connectivity index (χ4v) is 3.94. The molecule has 5 nitrogen and oxygen atoms in total. The van der Waals surface area contributed by atoms with Gasteiger partial charge in [-0.25, -0.2) is 0 Å². The number of fused-ring (bicyclic) bond motifs is 1. The van der Waals surface area contributed by atoms with Crippen molar-refractivity contribution in [1.82, 2.24) is 15.1 Å². The molecule has 0 unspecified atom stereocenters. The number of carbonyl (C=O) groups excluding carboxylic acids is 1. The van der Waals surface area contributed by atoms with Gasteiger partial charge < -0.3 is 9.73 Å². The number of nitrogens with one attached hydrogen (secondary N) is 1. The first kappa shape index (κ1) is 16.6. The van der Waals surface area contributed by atoms with Crippen LogP contribution in [-0.2, 0) is 13.1 Å². The van der Waals surface area contributed by atoms with Gasteiger partial charge in [0, 0.05) is 5.39 Å². The van der Waals surface area contributed by atoms with Gasteiger partial charge in [0.2, 0.25) is 0 Å². The molecule has 0 aliphatic carbocycles. The maximum absolute atomic E-state index is 12.5. The van der Waals surface area contributed by atoms with Gasteiger partial charge in [-0.3, -0.25) is 9.48 Å². The fraction of sp³-hybridized carbons (Fsp3) is 0.200. The summed E-state index contributed by atoms with van der Waals surface area (Å²) in [6.07, 6.45) is 1.60. The van der Waals surface area contributed by atoms with Gasteiger partial charge in [0.05, 0.1) is 29.9 Å². The second-order valence-corrected chi connectivity index (χ2v) is 7.35. The van der Waals surface area contributed by atoms with Crippen molar-refractivity contribution >= 4 is 27.5 Å². The lowest BCUT2D eigenvalue weighted by molar-refractivity contribution is 0.0952. The molecule has 3 heterocycles. The minimum atomic E-state index is -0.0936. The predicted octanol–water partition coefficient (Wildman–Crippen LogP) is 4.29. The minimum Gasteiger partial charge on any atom is -0.467 e. The van der Waals surface area contributed by atoms with E-state index in [2.05, 4.69) is 41.6 Å². The van der Waals surface area contributed by atoms with Crippen molar-refractivity contribution in [2.45, 2.75) is 26.9 Å². The SMILES string of the molecule is Cc1ccc(Cn2nc(C)c3cc(C(=O)NCc4ccco4)sc32)cc1. The maximum Gasteiger partial charge on any atom is 0.261 e. The summed E-state index contributed by atoms with van der Waals surface area (Å²) in [5.41, 5.74) is 3.37. The van der Waals surface area contributed by atoms with Crippen molar-refractivity contribution in [2.75, 3.05) is 0 Å². The number of amides is 1. The molecule has 0 aliphatic heterocycles. The van der Waals surface area contributed by atoms with Crippen LogP contribution < -0.4 is 5.32 Å². The minimum absolute atomic E-state index is 0.0936. The quantitative estimate of drug-likeness (QED) is 0.574. The molecule has 1 aromatic carbocycles. The van der Waals surface area contributed by atoms with Gasteiger partial charge in [-0.15, -0.1) is 11.3 Å². The van der Waals surface area contributed by atoms with E-state index in [4.69, 9.17) is 4.42 Å². The number of benzene rings is 1. The normalized spacial score (nSPS) is 11.2. The van der Waals surface area contributed by atoms with Gasteiger partial charge in [0.1, 0.15) is 10.6 Å². The molecule has 4 aromatic rings. The zero-order chi connectivity index (χ0) is 18.1. The summed E-state index contributed by atoms with van der Waals surface area (Å²) < 4.78 is 7.23. The lowest BCUT2D eigenvalue weighted by Gasteiger charge is -2.04. The van der Waals surface area contributed by atoms with Gasteiger partial charge in [-0.2, -0.15) is 5.10 Å². The van der Waals surface area contributed by atoms with E-state index < -0.39 is 0 Å². The molecule has 4 rings (SSSR count). The van der Waals surface area contributed by atoms with Crippen molar-refractivity contribution in [3.05, 3.63) is 76.2 Å². The van der Waals surface area contributed by atoms with Crippen molar-refractivity contribution in [1.29, 1.82) is 0 Å². The van der Waals surface area contributed by atoms with E-state index in [-0.39, 0.29) is 5.91 Å². The number of aromatic nitrogens is 2. The zero-order valence-corrected chi connectivity index (χ0v) is 15.5. The van der Waals surface area contributed by atoms with Crippen LogP contribution in [0.25, 0.3) is 10.2 Å². The van der Waals surface area contributed by atoms with E-state index in [1.807, 2.05) is 29.8 Å². The second kappa shape index (κ2) is 6.80. The smallest absolute Gasteiger partial charge is 0.261 e. The number of thiophene rings is 1. The van der Waals surface area contributed by atoms with Crippen molar-refractivity contribution in [3.63, 3.8) is 0 Å². The number of carbonyl (C=O) groups is 1. The summed E-state index contributed by atoms with van der Waals surface area (Å²) in [4.78, 5) is 14.2. The number of hydrogen-bond donors (Lipinski definition) is 1. The summed E-state index contributed by atoms with van der Waals surface area (Å²) in [6.45, 7) is 5.13. The molecule has 0 fully saturated rings. The number of rotatable bonds is 5. The summed E-state index contributed by atoms with van der Waals surface area (Å²) in [7, 11) is 0. The molecule has 1 N–H and O–H groups in total. The second-order valence-electron chi connectivity index (χ2n) is 6.32. The highest BCUT2D eigenvalue weighted by Crippen LogP contribution is 2.29. The first-order valence-corrected chi connectivity index (χ1v) is 9.25. The zero-order valence-electron chi connectivity index (χ0n) is 14.7. The summed E-state index contributed by atoms with van der Waals surface area (Å²) >= 11 is 1.47. The third-order valence-electron chi connectivity index (χ3n) is 4.29. The number of furan rings is 1. The predicted molar refractivity (Wildman–Crippen MR) is 103 cm³/mol. The number of hydrogen-bond acceptors (Lipinski definition) is 4. The van der Waals surface area contributed by atoms with Crippen LogP contribution >= 0.6 is 11.3 Å². The molecule has 6 heteroatoms. The molecular formula is C20H19N3O2S. The highest BCUT2D eigenvalue weighted by Gasteiger charge is 2.16. The molecule has 0 aliphatic rings. The standard InChI is InChI=1S/C20H19N3O2S/c1-13-5-7-15(8-6-13)12-23-20-17(14(2)22-23)10-18(26-20)19(24)21-11-16-4-3-9-25-16/h3-10H,11-12H2,1-2H3,(H,21,24). The molecule has 0 radical (unpaired) electrons. The van der Waals surface area contributed by atoms with Gasteiger partial charge in [-0.1, -0.05) is 29.8 Å². The van der Waals surface area contributed by atoms with Crippen molar-refractivity contribution in [3.8, 4) is 0 Å². The molecule has 132 valence electrons. The molecule has 0 saturated carbocycles. The van der Waals surface area contributed by atoms with E-state index in [0.29, 0.717) is 18.0 Å². The highest BCUT2D eigenvalue weighted by atomic mass is 32.1. The third kappa shape index (κ3) is 3.28. The van der Waals surface area contributed by atoms with E-state index in [1.54, 1.807) is 6.26 Å². The molecule has 26 heavy (non-hydrogen) atoms. The van der Waals surface area contributed by atoms with Gasteiger partial charge in [0.15, 0.2) is 0 Å². The molecule has 0 atom stereocenters. The highest BCUT2D eigenvalue weighted by molar-refractivity contribution is 7.20. The Kier molecular flexibility index (Phi) is 4.34. The molecule has 0 saturated heterocycles. The molecular weight excluding hydrogens is 346 g/mol. The van der Waals surface area contributed by atoms with Gasteiger partial charge in [-0.05, 0) is 37.6 Å². The maximum atomic E-state index is 12.5. The van der Waals surface area contributed by atoms with Crippen molar-refractivity contribution in [2.24, 2.45) is 0 Å². The summed E-state index contributed by atoms with van der Waals surface area (Å²) in [5, 5.41) is 8.56. The van der Waals surface area contributed by atoms with Gasteiger partial charge >= 0.3 is 0 Å². The Morgan fingerprint density at radius 1 is 1.23 bits per heavy atom. The molecule has 3 aromatic heterocycles. The molecule has 0 bridgehead atoms. The van der Waals surface area contributed by atoms with Crippen molar-refractivity contribution < 1.29 is 9.21 Å². The van der Waals surface area contributed by atoms with Gasteiger partial charge in [0.25, 0.3) is 5.91 Å². The average molecular weight is 365 g/mol. The Labute approximate surface area is 155 Å².